The molecule has 3 rings (SSSR count). The van der Waals surface area contributed by atoms with E-state index < -0.39 is 0 Å². The molecule has 2 amide bonds. The molecule has 0 aliphatic rings. The van der Waals surface area contributed by atoms with Crippen molar-refractivity contribution >= 4 is 39.1 Å². The number of carbonyl (C=O) groups excluding carboxylic acids is 2. The number of amides is 2. The maximum atomic E-state index is 12.5. The highest BCUT2D eigenvalue weighted by atomic mass is 79.9. The Morgan fingerprint density at radius 2 is 1.46 bits per heavy atom. The molecule has 26 heavy (non-hydrogen) atoms. The molecule has 5 heteroatoms. The van der Waals surface area contributed by atoms with Gasteiger partial charge in [0.2, 0.25) is 0 Å². The minimum atomic E-state index is -0.230. The first-order valence-electron chi connectivity index (χ1n) is 8.07. The SMILES string of the molecule is Cc1cc(Br)ccc1NC(=O)c1cccc(NC(=O)c2ccccc2)c1. The Hall–Kier alpha value is -2.92. The van der Waals surface area contributed by atoms with Crippen LogP contribution in [-0.4, -0.2) is 11.8 Å². The lowest BCUT2D eigenvalue weighted by molar-refractivity contribution is 0.101. The van der Waals surface area contributed by atoms with Crippen LogP contribution in [-0.2, 0) is 0 Å². The Kier molecular flexibility index (Phi) is 5.49. The Bertz CT molecular complexity index is 955. The van der Waals surface area contributed by atoms with Crippen molar-refractivity contribution in [1.82, 2.24) is 0 Å². The Morgan fingerprint density at radius 3 is 2.19 bits per heavy atom. The third kappa shape index (κ3) is 4.37. The fourth-order valence-electron chi connectivity index (χ4n) is 2.49. The van der Waals surface area contributed by atoms with Gasteiger partial charge in [-0.1, -0.05) is 40.2 Å². The first-order chi connectivity index (χ1) is 12.5. The van der Waals surface area contributed by atoms with Crippen LogP contribution in [0.1, 0.15) is 26.3 Å². The number of anilines is 2. The molecule has 0 bridgehead atoms. The largest absolute Gasteiger partial charge is 0.322 e. The fourth-order valence-corrected chi connectivity index (χ4v) is 2.97. The van der Waals surface area contributed by atoms with Crippen molar-refractivity contribution in [3.63, 3.8) is 0 Å². The summed E-state index contributed by atoms with van der Waals surface area (Å²) in [7, 11) is 0. The maximum absolute atomic E-state index is 12.5. The van der Waals surface area contributed by atoms with E-state index in [0.717, 1.165) is 15.7 Å². The molecule has 0 aliphatic heterocycles. The van der Waals surface area contributed by atoms with E-state index in [4.69, 9.17) is 0 Å². The number of rotatable bonds is 4. The van der Waals surface area contributed by atoms with E-state index in [0.29, 0.717) is 16.8 Å². The molecule has 0 aromatic heterocycles. The number of nitrogens with one attached hydrogen (secondary N) is 2. The van der Waals surface area contributed by atoms with Crippen molar-refractivity contribution in [3.8, 4) is 0 Å². The van der Waals surface area contributed by atoms with E-state index in [1.807, 2.05) is 31.2 Å². The number of benzene rings is 3. The van der Waals surface area contributed by atoms with Crippen molar-refractivity contribution in [3.05, 3.63) is 94.0 Å². The zero-order chi connectivity index (χ0) is 18.5. The van der Waals surface area contributed by atoms with Gasteiger partial charge in [0.1, 0.15) is 0 Å². The molecular formula is C21H17BrN2O2. The van der Waals surface area contributed by atoms with Gasteiger partial charge in [0.05, 0.1) is 0 Å². The smallest absolute Gasteiger partial charge is 0.255 e. The maximum Gasteiger partial charge on any atom is 0.255 e. The van der Waals surface area contributed by atoms with Crippen molar-refractivity contribution in [2.75, 3.05) is 10.6 Å². The summed E-state index contributed by atoms with van der Waals surface area (Å²) in [6.07, 6.45) is 0. The molecule has 4 nitrogen and oxygen atoms in total. The average Bonchev–Trinajstić information content (AvgIpc) is 2.65. The third-order valence-electron chi connectivity index (χ3n) is 3.86. The van der Waals surface area contributed by atoms with Gasteiger partial charge < -0.3 is 10.6 Å². The minimum Gasteiger partial charge on any atom is -0.322 e. The molecule has 3 aromatic carbocycles. The van der Waals surface area contributed by atoms with E-state index in [-0.39, 0.29) is 11.8 Å². The molecule has 3 aromatic rings. The standard InChI is InChI=1S/C21H17BrN2O2/c1-14-12-17(22)10-11-19(14)24-21(26)16-8-5-9-18(13-16)23-20(25)15-6-3-2-4-7-15/h2-13H,1H3,(H,23,25)(H,24,26). The van der Waals surface area contributed by atoms with Crippen molar-refractivity contribution in [1.29, 1.82) is 0 Å². The van der Waals surface area contributed by atoms with Gasteiger partial charge in [-0.15, -0.1) is 0 Å². The fraction of sp³-hybridized carbons (Fsp3) is 0.0476. The van der Waals surface area contributed by atoms with Crippen LogP contribution in [0.25, 0.3) is 0 Å². The van der Waals surface area contributed by atoms with E-state index in [1.54, 1.807) is 48.5 Å². The first-order valence-corrected chi connectivity index (χ1v) is 8.86. The molecule has 0 fully saturated rings. The van der Waals surface area contributed by atoms with E-state index in [1.165, 1.54) is 0 Å². The molecule has 0 aliphatic carbocycles. The Labute approximate surface area is 160 Å². The predicted octanol–water partition coefficient (Wildman–Crippen LogP) is 5.26. The van der Waals surface area contributed by atoms with Crippen LogP contribution < -0.4 is 10.6 Å². The zero-order valence-corrected chi connectivity index (χ0v) is 15.7. The first kappa shape index (κ1) is 17.9. The molecule has 0 radical (unpaired) electrons. The highest BCUT2D eigenvalue weighted by Gasteiger charge is 2.10. The van der Waals surface area contributed by atoms with Crippen LogP contribution in [0.15, 0.2) is 77.3 Å². The molecule has 2 N–H and O–H groups in total. The van der Waals surface area contributed by atoms with Gasteiger partial charge in [0.15, 0.2) is 0 Å². The normalized spacial score (nSPS) is 10.2. The number of hydrogen-bond acceptors (Lipinski definition) is 2. The van der Waals surface area contributed by atoms with E-state index in [9.17, 15) is 9.59 Å². The van der Waals surface area contributed by atoms with Crippen LogP contribution in [0.3, 0.4) is 0 Å². The molecule has 0 saturated carbocycles. The molecule has 0 saturated heterocycles. The summed E-state index contributed by atoms with van der Waals surface area (Å²) < 4.78 is 0.957. The lowest BCUT2D eigenvalue weighted by Gasteiger charge is -2.10. The number of halogens is 1. The highest BCUT2D eigenvalue weighted by molar-refractivity contribution is 9.10. The van der Waals surface area contributed by atoms with Crippen LogP contribution in [0.5, 0.6) is 0 Å². The van der Waals surface area contributed by atoms with Crippen LogP contribution in [0.2, 0.25) is 0 Å². The average molecular weight is 409 g/mol. The number of hydrogen-bond donors (Lipinski definition) is 2. The van der Waals surface area contributed by atoms with Gasteiger partial charge in [-0.05, 0) is 61.0 Å². The van der Waals surface area contributed by atoms with Gasteiger partial charge in [0.25, 0.3) is 11.8 Å². The summed E-state index contributed by atoms with van der Waals surface area (Å²) >= 11 is 3.41. The molecule has 130 valence electrons. The summed E-state index contributed by atoms with van der Waals surface area (Å²) in [6.45, 7) is 1.93. The van der Waals surface area contributed by atoms with Crippen molar-refractivity contribution < 1.29 is 9.59 Å². The summed E-state index contributed by atoms with van der Waals surface area (Å²) in [4.78, 5) is 24.8. The Morgan fingerprint density at radius 1 is 0.769 bits per heavy atom. The second-order valence-corrected chi connectivity index (χ2v) is 6.73. The van der Waals surface area contributed by atoms with Gasteiger partial charge in [-0.3, -0.25) is 9.59 Å². The van der Waals surface area contributed by atoms with Gasteiger partial charge >= 0.3 is 0 Å². The lowest BCUT2D eigenvalue weighted by atomic mass is 10.1. The van der Waals surface area contributed by atoms with Crippen LogP contribution >= 0.6 is 15.9 Å². The van der Waals surface area contributed by atoms with E-state index in [2.05, 4.69) is 26.6 Å². The number of carbonyl (C=O) groups is 2. The predicted molar refractivity (Wildman–Crippen MR) is 108 cm³/mol. The molecule has 0 heterocycles. The zero-order valence-electron chi connectivity index (χ0n) is 14.1. The van der Waals surface area contributed by atoms with Crippen molar-refractivity contribution in [2.24, 2.45) is 0 Å². The monoisotopic (exact) mass is 408 g/mol. The van der Waals surface area contributed by atoms with Gasteiger partial charge in [-0.25, -0.2) is 0 Å². The summed E-state index contributed by atoms with van der Waals surface area (Å²) in [6, 6.07) is 21.5. The molecular weight excluding hydrogens is 392 g/mol. The van der Waals surface area contributed by atoms with Crippen LogP contribution in [0.4, 0.5) is 11.4 Å². The highest BCUT2D eigenvalue weighted by Crippen LogP contribution is 2.21. The summed E-state index contributed by atoms with van der Waals surface area (Å²) in [5, 5.41) is 5.70. The lowest BCUT2D eigenvalue weighted by Crippen LogP contribution is -2.15. The second-order valence-electron chi connectivity index (χ2n) is 5.81. The minimum absolute atomic E-state index is 0.216. The van der Waals surface area contributed by atoms with E-state index >= 15 is 0 Å². The third-order valence-corrected chi connectivity index (χ3v) is 4.35. The quantitative estimate of drug-likeness (QED) is 0.618. The van der Waals surface area contributed by atoms with Gasteiger partial charge in [0, 0.05) is 27.0 Å². The van der Waals surface area contributed by atoms with Gasteiger partial charge in [-0.2, -0.15) is 0 Å². The number of aryl methyl sites for hydroxylation is 1. The molecule has 0 atom stereocenters. The van der Waals surface area contributed by atoms with Crippen molar-refractivity contribution in [2.45, 2.75) is 6.92 Å². The molecule has 0 unspecified atom stereocenters. The summed E-state index contributed by atoms with van der Waals surface area (Å²) in [5.74, 6) is -0.446. The topological polar surface area (TPSA) is 58.2 Å². The molecule has 0 spiro atoms. The second kappa shape index (κ2) is 7.97. The Balaban J connectivity index is 1.74. The summed E-state index contributed by atoms with van der Waals surface area (Å²) in [5.41, 5.74) is 3.31. The van der Waals surface area contributed by atoms with Crippen LogP contribution in [0, 0.1) is 6.92 Å².